The number of carbonyl (C=O) groups is 2. The molecule has 0 aromatic rings. The van der Waals surface area contributed by atoms with Crippen molar-refractivity contribution in [2.24, 2.45) is 0 Å². The standard InChI is InChI=1S/C62H115N2O7P/c1-7-10-13-16-19-22-25-28-29-30-31-32-33-34-35-37-39-42-45-48-51-54-61(65)63-59(58-70-72(67,68)69-57-56-64(4,5)6)60(53-50-47-44-41-38-27-24-21-18-15-12-9-3)71-62(66)55-52-49-46-43-40-36-26-23-20-17-14-11-8-2/h19,22,28-29,31-32,36,40,50,53,59-60H,7-18,20-21,23-27,30,33-35,37-39,41-49,51-52,54-58H2,1-6H3,(H-,63,65,67,68)/b22-19-,29-28-,32-31-,40-36-,53-50-. The largest absolute Gasteiger partial charge is 0.756 e. The highest BCUT2D eigenvalue weighted by atomic mass is 31.2. The van der Waals surface area contributed by atoms with Gasteiger partial charge in [-0.25, -0.2) is 0 Å². The molecule has 0 heterocycles. The Bertz CT molecular complexity index is 1420. The van der Waals surface area contributed by atoms with E-state index in [2.05, 4.69) is 74.7 Å². The summed E-state index contributed by atoms with van der Waals surface area (Å²) in [7, 11) is 1.17. The topological polar surface area (TPSA) is 114 Å². The molecule has 0 aromatic carbocycles. The Labute approximate surface area is 445 Å². The summed E-state index contributed by atoms with van der Waals surface area (Å²) in [5.41, 5.74) is 0. The third kappa shape index (κ3) is 52.6. The molecule has 420 valence electrons. The zero-order valence-electron chi connectivity index (χ0n) is 47.9. The minimum Gasteiger partial charge on any atom is -0.756 e. The van der Waals surface area contributed by atoms with E-state index in [9.17, 15) is 19.0 Å². The quantitative estimate of drug-likeness (QED) is 0.0212. The van der Waals surface area contributed by atoms with Gasteiger partial charge in [0.1, 0.15) is 19.3 Å². The molecule has 0 aliphatic carbocycles. The van der Waals surface area contributed by atoms with Crippen molar-refractivity contribution in [3.63, 3.8) is 0 Å². The van der Waals surface area contributed by atoms with Crippen LogP contribution >= 0.6 is 7.82 Å². The second-order valence-electron chi connectivity index (χ2n) is 21.5. The Kier molecular flexibility index (Phi) is 50.5. The minimum absolute atomic E-state index is 0.0271. The van der Waals surface area contributed by atoms with Crippen LogP contribution in [0.2, 0.25) is 0 Å². The number of esters is 1. The summed E-state index contributed by atoms with van der Waals surface area (Å²) in [6.07, 6.45) is 64.7. The number of nitrogens with one attached hydrogen (secondary N) is 1. The number of hydrogen-bond donors (Lipinski definition) is 1. The molecule has 0 aromatic heterocycles. The molecular formula is C62H115N2O7P. The number of phosphoric acid groups is 1. The molecular weight excluding hydrogens is 916 g/mol. The van der Waals surface area contributed by atoms with E-state index >= 15 is 0 Å². The van der Waals surface area contributed by atoms with E-state index in [1.807, 2.05) is 33.3 Å². The summed E-state index contributed by atoms with van der Waals surface area (Å²) in [6, 6.07) is -0.898. The lowest BCUT2D eigenvalue weighted by atomic mass is 10.0. The molecule has 0 saturated heterocycles. The molecule has 0 aliphatic heterocycles. The van der Waals surface area contributed by atoms with Crippen LogP contribution in [0.25, 0.3) is 0 Å². The highest BCUT2D eigenvalue weighted by Crippen LogP contribution is 2.38. The zero-order chi connectivity index (χ0) is 52.9. The first-order valence-electron chi connectivity index (χ1n) is 30.1. The maximum Gasteiger partial charge on any atom is 0.306 e. The molecule has 10 heteroatoms. The van der Waals surface area contributed by atoms with Crippen molar-refractivity contribution in [1.82, 2.24) is 5.32 Å². The number of rotatable bonds is 54. The van der Waals surface area contributed by atoms with Crippen molar-refractivity contribution in [3.05, 3.63) is 60.8 Å². The predicted octanol–water partition coefficient (Wildman–Crippen LogP) is 17.6. The van der Waals surface area contributed by atoms with Gasteiger partial charge in [-0.2, -0.15) is 0 Å². The third-order valence-corrected chi connectivity index (χ3v) is 14.1. The predicted molar refractivity (Wildman–Crippen MR) is 307 cm³/mol. The molecule has 3 unspecified atom stereocenters. The minimum atomic E-state index is -4.70. The van der Waals surface area contributed by atoms with Gasteiger partial charge < -0.3 is 28.5 Å². The summed E-state index contributed by atoms with van der Waals surface area (Å²) in [6.45, 7) is 6.79. The van der Waals surface area contributed by atoms with Crippen molar-refractivity contribution >= 4 is 19.7 Å². The van der Waals surface area contributed by atoms with Crippen molar-refractivity contribution in [2.45, 2.75) is 283 Å². The van der Waals surface area contributed by atoms with Crippen LogP contribution in [0.1, 0.15) is 271 Å². The van der Waals surface area contributed by atoms with E-state index in [4.69, 9.17) is 13.8 Å². The van der Waals surface area contributed by atoms with Gasteiger partial charge in [-0.3, -0.25) is 14.2 Å². The molecule has 9 nitrogen and oxygen atoms in total. The lowest BCUT2D eigenvalue weighted by Gasteiger charge is -2.30. The number of quaternary nitrogens is 1. The van der Waals surface area contributed by atoms with Crippen molar-refractivity contribution in [2.75, 3.05) is 40.9 Å². The summed E-state index contributed by atoms with van der Waals surface area (Å²) in [5.74, 6) is -0.565. The van der Waals surface area contributed by atoms with E-state index in [0.29, 0.717) is 23.9 Å². The SMILES string of the molecule is CCCCC/C=C\C/C=C\C/C=C\CCCCCCCCCCC(=O)NC(COP(=O)([O-])OCC[N+](C)(C)C)C(/C=C\CCCCCCCCCCCC)OC(=O)CCCCC/C=C\CCCCCCCC. The van der Waals surface area contributed by atoms with Gasteiger partial charge >= 0.3 is 5.97 Å². The summed E-state index contributed by atoms with van der Waals surface area (Å²) >= 11 is 0. The first kappa shape index (κ1) is 69.7. The highest BCUT2D eigenvalue weighted by Gasteiger charge is 2.27. The fraction of sp³-hybridized carbons (Fsp3) is 0.806. The molecule has 0 aliphatic rings. The van der Waals surface area contributed by atoms with Crippen LogP contribution in [0.3, 0.4) is 0 Å². The van der Waals surface area contributed by atoms with Gasteiger partial charge in [0, 0.05) is 12.8 Å². The van der Waals surface area contributed by atoms with Gasteiger partial charge in [0.25, 0.3) is 7.82 Å². The Balaban J connectivity index is 5.27. The number of nitrogens with zero attached hydrogens (tertiary/aromatic N) is 1. The van der Waals surface area contributed by atoms with Gasteiger partial charge in [0.05, 0.1) is 33.8 Å². The van der Waals surface area contributed by atoms with Crippen molar-refractivity contribution in [3.8, 4) is 0 Å². The maximum absolute atomic E-state index is 13.5. The van der Waals surface area contributed by atoms with Crippen LogP contribution in [0.4, 0.5) is 0 Å². The second-order valence-corrected chi connectivity index (χ2v) is 22.9. The highest BCUT2D eigenvalue weighted by molar-refractivity contribution is 7.45. The number of ether oxygens (including phenoxy) is 1. The van der Waals surface area contributed by atoms with Gasteiger partial charge in [-0.1, -0.05) is 223 Å². The van der Waals surface area contributed by atoms with E-state index in [0.717, 1.165) is 89.9 Å². The van der Waals surface area contributed by atoms with Crippen LogP contribution in [-0.2, 0) is 27.9 Å². The molecule has 0 rings (SSSR count). The molecule has 3 atom stereocenters. The van der Waals surface area contributed by atoms with Crippen LogP contribution in [0.15, 0.2) is 60.8 Å². The van der Waals surface area contributed by atoms with Crippen molar-refractivity contribution < 1.29 is 37.3 Å². The summed E-state index contributed by atoms with van der Waals surface area (Å²) in [5, 5.41) is 3.02. The number of phosphoric ester groups is 1. The average Bonchev–Trinajstić information content (AvgIpc) is 3.34. The lowest BCUT2D eigenvalue weighted by molar-refractivity contribution is -0.870. The maximum atomic E-state index is 13.5. The van der Waals surface area contributed by atoms with Crippen LogP contribution in [-0.4, -0.2) is 69.4 Å². The fourth-order valence-corrected chi connectivity index (χ4v) is 9.19. The van der Waals surface area contributed by atoms with Gasteiger partial charge in [-0.05, 0) is 96.0 Å². The van der Waals surface area contributed by atoms with E-state index in [1.165, 1.54) is 141 Å². The Morgan fingerprint density at radius 2 is 0.847 bits per heavy atom. The van der Waals surface area contributed by atoms with Crippen LogP contribution in [0.5, 0.6) is 0 Å². The molecule has 0 saturated carbocycles. The molecule has 1 N–H and O–H groups in total. The van der Waals surface area contributed by atoms with E-state index < -0.39 is 26.6 Å². The third-order valence-electron chi connectivity index (χ3n) is 13.2. The Morgan fingerprint density at radius 1 is 0.486 bits per heavy atom. The van der Waals surface area contributed by atoms with E-state index in [-0.39, 0.29) is 24.9 Å². The van der Waals surface area contributed by atoms with Crippen molar-refractivity contribution in [1.29, 1.82) is 0 Å². The number of carbonyl (C=O) groups excluding carboxylic acids is 2. The smallest absolute Gasteiger partial charge is 0.306 e. The molecule has 72 heavy (non-hydrogen) atoms. The summed E-state index contributed by atoms with van der Waals surface area (Å²) < 4.78 is 30.2. The molecule has 0 fully saturated rings. The monoisotopic (exact) mass is 1030 g/mol. The average molecular weight is 1030 g/mol. The fourth-order valence-electron chi connectivity index (χ4n) is 8.46. The Morgan fingerprint density at radius 3 is 1.32 bits per heavy atom. The molecule has 0 spiro atoms. The normalized spacial score (nSPS) is 14.2. The van der Waals surface area contributed by atoms with Crippen LogP contribution < -0.4 is 10.2 Å². The van der Waals surface area contributed by atoms with E-state index in [1.54, 1.807) is 0 Å². The number of likely N-dealkylation sites (N-methyl/N-ethyl adjacent to an activating group) is 1. The zero-order valence-corrected chi connectivity index (χ0v) is 48.8. The molecule has 0 radical (unpaired) electrons. The lowest BCUT2D eigenvalue weighted by Crippen LogP contribution is -2.47. The van der Waals surface area contributed by atoms with Gasteiger partial charge in [0.2, 0.25) is 5.91 Å². The van der Waals surface area contributed by atoms with Gasteiger partial charge in [0.15, 0.2) is 0 Å². The number of unbranched alkanes of at least 4 members (excludes halogenated alkanes) is 30. The first-order valence-corrected chi connectivity index (χ1v) is 31.6. The summed E-state index contributed by atoms with van der Waals surface area (Å²) in [4.78, 5) is 39.9. The first-order chi connectivity index (χ1) is 34.9. The molecule has 1 amide bonds. The number of amides is 1. The van der Waals surface area contributed by atoms with Gasteiger partial charge in [-0.15, -0.1) is 0 Å². The molecule has 0 bridgehead atoms. The second kappa shape index (κ2) is 52.2. The number of allylic oxidation sites excluding steroid dienone is 9. The number of hydrogen-bond acceptors (Lipinski definition) is 7. The van der Waals surface area contributed by atoms with Crippen LogP contribution in [0, 0.1) is 0 Å². The Hall–Kier alpha value is -2.29.